The van der Waals surface area contributed by atoms with E-state index in [9.17, 15) is 4.39 Å². The average molecular weight is 267 g/mol. The van der Waals surface area contributed by atoms with Crippen molar-refractivity contribution in [3.8, 4) is 5.75 Å². The second-order valence-corrected chi connectivity index (χ2v) is 5.37. The molecule has 0 heterocycles. The van der Waals surface area contributed by atoms with E-state index in [-0.39, 0.29) is 11.7 Å². The van der Waals surface area contributed by atoms with E-state index in [4.69, 9.17) is 4.74 Å². The van der Waals surface area contributed by atoms with Crippen LogP contribution in [0.15, 0.2) is 18.2 Å². The van der Waals surface area contributed by atoms with Crippen LogP contribution in [0.3, 0.4) is 0 Å². The Balaban J connectivity index is 3.14. The highest BCUT2D eigenvalue weighted by Gasteiger charge is 2.23. The SMILES string of the molecule is CCOc1ccc(F)cc1C(CN(C)C)C(C)CC. The van der Waals surface area contributed by atoms with Gasteiger partial charge in [0.1, 0.15) is 11.6 Å². The maximum Gasteiger partial charge on any atom is 0.123 e. The lowest BCUT2D eigenvalue weighted by Crippen LogP contribution is -2.25. The summed E-state index contributed by atoms with van der Waals surface area (Å²) in [6, 6.07) is 4.85. The molecular weight excluding hydrogens is 241 g/mol. The highest BCUT2D eigenvalue weighted by molar-refractivity contribution is 5.37. The molecule has 0 spiro atoms. The molecule has 1 aromatic carbocycles. The summed E-state index contributed by atoms with van der Waals surface area (Å²) >= 11 is 0. The number of ether oxygens (including phenoxy) is 1. The Morgan fingerprint density at radius 2 is 1.95 bits per heavy atom. The molecule has 0 aromatic heterocycles. The molecule has 0 amide bonds. The van der Waals surface area contributed by atoms with Crippen LogP contribution in [-0.4, -0.2) is 32.1 Å². The van der Waals surface area contributed by atoms with Crippen molar-refractivity contribution in [3.63, 3.8) is 0 Å². The fraction of sp³-hybridized carbons (Fsp3) is 0.625. The first-order valence-electron chi connectivity index (χ1n) is 7.06. The number of hydrogen-bond donors (Lipinski definition) is 0. The molecule has 0 fully saturated rings. The molecule has 1 aromatic rings. The summed E-state index contributed by atoms with van der Waals surface area (Å²) in [5.74, 6) is 1.40. The normalized spacial score (nSPS) is 14.5. The number of likely N-dealkylation sites (N-methyl/N-ethyl adjacent to an activating group) is 1. The highest BCUT2D eigenvalue weighted by Crippen LogP contribution is 2.34. The molecule has 1 rings (SSSR count). The molecule has 0 saturated carbocycles. The Kier molecular flexibility index (Phi) is 6.29. The van der Waals surface area contributed by atoms with Crippen LogP contribution in [0.2, 0.25) is 0 Å². The van der Waals surface area contributed by atoms with Gasteiger partial charge in [-0.1, -0.05) is 20.3 Å². The zero-order valence-electron chi connectivity index (χ0n) is 12.7. The number of rotatable bonds is 7. The molecule has 0 aliphatic heterocycles. The molecule has 19 heavy (non-hydrogen) atoms. The van der Waals surface area contributed by atoms with Crippen LogP contribution < -0.4 is 4.74 Å². The van der Waals surface area contributed by atoms with E-state index in [1.54, 1.807) is 12.1 Å². The van der Waals surface area contributed by atoms with Gasteiger partial charge in [-0.2, -0.15) is 0 Å². The van der Waals surface area contributed by atoms with Crippen molar-refractivity contribution >= 4 is 0 Å². The molecule has 0 aliphatic rings. The average Bonchev–Trinajstić information content (AvgIpc) is 2.37. The minimum absolute atomic E-state index is 0.189. The Labute approximate surface area is 116 Å². The predicted octanol–water partition coefficient (Wildman–Crippen LogP) is 3.92. The van der Waals surface area contributed by atoms with E-state index in [0.29, 0.717) is 12.5 Å². The molecule has 2 nitrogen and oxygen atoms in total. The smallest absolute Gasteiger partial charge is 0.123 e. The van der Waals surface area contributed by atoms with E-state index in [2.05, 4.69) is 32.8 Å². The quantitative estimate of drug-likeness (QED) is 0.742. The van der Waals surface area contributed by atoms with Crippen molar-refractivity contribution in [3.05, 3.63) is 29.6 Å². The molecule has 2 unspecified atom stereocenters. The molecule has 2 atom stereocenters. The maximum atomic E-state index is 13.6. The molecule has 0 N–H and O–H groups in total. The van der Waals surface area contributed by atoms with Crippen molar-refractivity contribution < 1.29 is 9.13 Å². The van der Waals surface area contributed by atoms with Gasteiger partial charge in [-0.3, -0.25) is 0 Å². The van der Waals surface area contributed by atoms with Gasteiger partial charge < -0.3 is 9.64 Å². The van der Waals surface area contributed by atoms with Crippen LogP contribution in [0.5, 0.6) is 5.75 Å². The van der Waals surface area contributed by atoms with Gasteiger partial charge in [-0.05, 0) is 45.1 Å². The lowest BCUT2D eigenvalue weighted by atomic mass is 9.84. The van der Waals surface area contributed by atoms with E-state index in [0.717, 1.165) is 24.3 Å². The second-order valence-electron chi connectivity index (χ2n) is 5.37. The van der Waals surface area contributed by atoms with Crippen LogP contribution >= 0.6 is 0 Å². The molecule has 0 aliphatic carbocycles. The van der Waals surface area contributed by atoms with E-state index >= 15 is 0 Å². The van der Waals surface area contributed by atoms with Gasteiger partial charge in [-0.15, -0.1) is 0 Å². The Bertz CT molecular complexity index is 392. The largest absolute Gasteiger partial charge is 0.494 e. The number of halogens is 1. The van der Waals surface area contributed by atoms with Crippen LogP contribution in [0.25, 0.3) is 0 Å². The van der Waals surface area contributed by atoms with Gasteiger partial charge >= 0.3 is 0 Å². The zero-order chi connectivity index (χ0) is 14.4. The van der Waals surface area contributed by atoms with Crippen molar-refractivity contribution in [1.29, 1.82) is 0 Å². The van der Waals surface area contributed by atoms with Crippen molar-refractivity contribution in [2.45, 2.75) is 33.1 Å². The number of hydrogen-bond acceptors (Lipinski definition) is 2. The standard InChI is InChI=1S/C16H26FNO/c1-6-12(3)15(11-18(4)5)14-10-13(17)8-9-16(14)19-7-2/h8-10,12,15H,6-7,11H2,1-5H3. The van der Waals surface area contributed by atoms with E-state index < -0.39 is 0 Å². The van der Waals surface area contributed by atoms with Gasteiger partial charge in [0.25, 0.3) is 0 Å². The van der Waals surface area contributed by atoms with E-state index in [1.807, 2.05) is 6.92 Å². The summed E-state index contributed by atoms with van der Waals surface area (Å²) in [5, 5.41) is 0. The Morgan fingerprint density at radius 1 is 1.26 bits per heavy atom. The first-order chi connectivity index (χ1) is 8.99. The lowest BCUT2D eigenvalue weighted by molar-refractivity contribution is 0.294. The van der Waals surface area contributed by atoms with Crippen LogP contribution in [-0.2, 0) is 0 Å². The number of benzene rings is 1. The second kappa shape index (κ2) is 7.49. The summed E-state index contributed by atoms with van der Waals surface area (Å²) in [6.45, 7) is 7.85. The van der Waals surface area contributed by atoms with Crippen molar-refractivity contribution in [2.75, 3.05) is 27.2 Å². The van der Waals surface area contributed by atoms with Gasteiger partial charge in [-0.25, -0.2) is 4.39 Å². The predicted molar refractivity (Wildman–Crippen MR) is 78.3 cm³/mol. The third-order valence-corrected chi connectivity index (χ3v) is 3.56. The van der Waals surface area contributed by atoms with E-state index in [1.165, 1.54) is 6.07 Å². The summed E-state index contributed by atoms with van der Waals surface area (Å²) in [7, 11) is 4.10. The van der Waals surface area contributed by atoms with Gasteiger partial charge in [0, 0.05) is 18.0 Å². The van der Waals surface area contributed by atoms with Crippen molar-refractivity contribution in [1.82, 2.24) is 4.90 Å². The van der Waals surface area contributed by atoms with Gasteiger partial charge in [0.2, 0.25) is 0 Å². The molecule has 0 saturated heterocycles. The highest BCUT2D eigenvalue weighted by atomic mass is 19.1. The molecular formula is C16H26FNO. The Hall–Kier alpha value is -1.09. The molecule has 0 bridgehead atoms. The minimum Gasteiger partial charge on any atom is -0.494 e. The fourth-order valence-electron chi connectivity index (χ4n) is 2.36. The lowest BCUT2D eigenvalue weighted by Gasteiger charge is -2.28. The van der Waals surface area contributed by atoms with Crippen LogP contribution in [0.4, 0.5) is 4.39 Å². The summed E-state index contributed by atoms with van der Waals surface area (Å²) in [6.07, 6.45) is 1.07. The monoisotopic (exact) mass is 267 g/mol. The minimum atomic E-state index is -0.189. The third kappa shape index (κ3) is 4.50. The summed E-state index contributed by atoms with van der Waals surface area (Å²) < 4.78 is 19.2. The Morgan fingerprint density at radius 3 is 2.47 bits per heavy atom. The van der Waals surface area contributed by atoms with Crippen molar-refractivity contribution in [2.24, 2.45) is 5.92 Å². The topological polar surface area (TPSA) is 12.5 Å². The summed E-state index contributed by atoms with van der Waals surface area (Å²) in [5.41, 5.74) is 0.991. The van der Waals surface area contributed by atoms with Crippen LogP contribution in [0.1, 0.15) is 38.7 Å². The first-order valence-corrected chi connectivity index (χ1v) is 7.06. The number of nitrogens with zero attached hydrogens (tertiary/aromatic N) is 1. The zero-order valence-corrected chi connectivity index (χ0v) is 12.7. The molecule has 108 valence electrons. The third-order valence-electron chi connectivity index (χ3n) is 3.56. The molecule has 3 heteroatoms. The summed E-state index contributed by atoms with van der Waals surface area (Å²) in [4.78, 5) is 2.15. The fourth-order valence-corrected chi connectivity index (χ4v) is 2.36. The molecule has 0 radical (unpaired) electrons. The first kappa shape index (κ1) is 16.0. The van der Waals surface area contributed by atoms with Gasteiger partial charge in [0.05, 0.1) is 6.61 Å². The van der Waals surface area contributed by atoms with Gasteiger partial charge in [0.15, 0.2) is 0 Å². The maximum absolute atomic E-state index is 13.6. The van der Waals surface area contributed by atoms with Crippen LogP contribution in [0, 0.1) is 11.7 Å².